The molecule has 1 atom stereocenters. The second-order valence-electron chi connectivity index (χ2n) is 6.31. The molecule has 3 rings (SSSR count). The number of methoxy groups -OCH3 is 1. The summed E-state index contributed by atoms with van der Waals surface area (Å²) in [6.45, 7) is 7.72. The zero-order chi connectivity index (χ0) is 19.6. The molecule has 2 heterocycles. The summed E-state index contributed by atoms with van der Waals surface area (Å²) in [5.41, 5.74) is 1.86. The standard InChI is InChI=1S/C18H23N5O4/c1-6-26-17(24)15-11(4)19-18-20-21-22-23(18)16(15)12-7-8-13(27-10(2)3)14(9-12)25-5/h7-10,16H,6H2,1-5H3,(H,19,20,22). The summed E-state index contributed by atoms with van der Waals surface area (Å²) in [7, 11) is 1.57. The third kappa shape index (κ3) is 3.57. The number of hydrogen-bond acceptors (Lipinski definition) is 8. The molecule has 1 unspecified atom stereocenters. The average molecular weight is 373 g/mol. The molecule has 1 aromatic carbocycles. The van der Waals surface area contributed by atoms with Gasteiger partial charge in [0.05, 0.1) is 25.4 Å². The van der Waals surface area contributed by atoms with Crippen LogP contribution in [-0.4, -0.2) is 46.0 Å². The van der Waals surface area contributed by atoms with Crippen LogP contribution in [0, 0.1) is 0 Å². The second-order valence-corrected chi connectivity index (χ2v) is 6.31. The molecule has 9 heteroatoms. The van der Waals surface area contributed by atoms with Gasteiger partial charge in [-0.2, -0.15) is 4.68 Å². The minimum absolute atomic E-state index is 0.00646. The van der Waals surface area contributed by atoms with Gasteiger partial charge in [-0.1, -0.05) is 11.2 Å². The summed E-state index contributed by atoms with van der Waals surface area (Å²) >= 11 is 0. The molecule has 0 amide bonds. The SMILES string of the molecule is CCOC(=O)C1=C(C)Nc2nnnn2C1c1ccc(OC(C)C)c(OC)c1. The molecule has 0 bridgehead atoms. The normalized spacial score (nSPS) is 16.0. The highest BCUT2D eigenvalue weighted by molar-refractivity contribution is 5.92. The molecule has 1 aromatic heterocycles. The van der Waals surface area contributed by atoms with Crippen LogP contribution in [0.5, 0.6) is 11.5 Å². The Morgan fingerprint density at radius 1 is 1.33 bits per heavy atom. The number of carbonyl (C=O) groups excluding carboxylic acids is 1. The molecule has 1 N–H and O–H groups in total. The molecular weight excluding hydrogens is 350 g/mol. The number of hydrogen-bond donors (Lipinski definition) is 1. The van der Waals surface area contributed by atoms with Crippen molar-refractivity contribution in [2.75, 3.05) is 19.0 Å². The van der Waals surface area contributed by atoms with Crippen molar-refractivity contribution >= 4 is 11.9 Å². The maximum Gasteiger partial charge on any atom is 0.338 e. The summed E-state index contributed by atoms with van der Waals surface area (Å²) in [6, 6.07) is 4.97. The van der Waals surface area contributed by atoms with Crippen molar-refractivity contribution in [3.05, 3.63) is 35.0 Å². The number of aromatic nitrogens is 4. The Morgan fingerprint density at radius 3 is 2.78 bits per heavy atom. The predicted molar refractivity (Wildman–Crippen MR) is 97.7 cm³/mol. The lowest BCUT2D eigenvalue weighted by atomic mass is 9.95. The second kappa shape index (κ2) is 7.65. The van der Waals surface area contributed by atoms with Gasteiger partial charge in [-0.15, -0.1) is 0 Å². The summed E-state index contributed by atoms with van der Waals surface area (Å²) in [6.07, 6.45) is 0.00646. The Labute approximate surface area is 157 Å². The highest BCUT2D eigenvalue weighted by atomic mass is 16.5. The van der Waals surface area contributed by atoms with E-state index >= 15 is 0 Å². The van der Waals surface area contributed by atoms with Gasteiger partial charge in [-0.25, -0.2) is 4.79 Å². The van der Waals surface area contributed by atoms with E-state index < -0.39 is 12.0 Å². The fourth-order valence-corrected chi connectivity index (χ4v) is 3.00. The molecule has 144 valence electrons. The average Bonchev–Trinajstić information content (AvgIpc) is 3.08. The Kier molecular flexibility index (Phi) is 5.29. The van der Waals surface area contributed by atoms with E-state index in [9.17, 15) is 4.79 Å². The first-order valence-electron chi connectivity index (χ1n) is 8.73. The summed E-state index contributed by atoms with van der Waals surface area (Å²) < 4.78 is 18.1. The fraction of sp³-hybridized carbons (Fsp3) is 0.444. The van der Waals surface area contributed by atoms with E-state index in [0.29, 0.717) is 28.7 Å². The number of carbonyl (C=O) groups is 1. The van der Waals surface area contributed by atoms with Crippen LogP contribution in [0.2, 0.25) is 0 Å². The van der Waals surface area contributed by atoms with Gasteiger partial charge in [-0.05, 0) is 55.8 Å². The van der Waals surface area contributed by atoms with E-state index in [1.807, 2.05) is 32.0 Å². The van der Waals surface area contributed by atoms with E-state index in [1.165, 1.54) is 0 Å². The topological polar surface area (TPSA) is 100 Å². The monoisotopic (exact) mass is 373 g/mol. The molecule has 0 fully saturated rings. The Hall–Kier alpha value is -3.10. The number of anilines is 1. The molecule has 0 radical (unpaired) electrons. The minimum atomic E-state index is -0.544. The van der Waals surface area contributed by atoms with Crippen LogP contribution in [0.15, 0.2) is 29.5 Å². The highest BCUT2D eigenvalue weighted by Crippen LogP contribution is 2.38. The van der Waals surface area contributed by atoms with Gasteiger partial charge in [-0.3, -0.25) is 0 Å². The number of esters is 1. The van der Waals surface area contributed by atoms with Crippen molar-refractivity contribution in [3.8, 4) is 11.5 Å². The molecule has 0 aliphatic carbocycles. The van der Waals surface area contributed by atoms with Crippen molar-refractivity contribution < 1.29 is 19.0 Å². The lowest BCUT2D eigenvalue weighted by molar-refractivity contribution is -0.139. The van der Waals surface area contributed by atoms with Crippen LogP contribution in [0.1, 0.15) is 39.3 Å². The van der Waals surface area contributed by atoms with Gasteiger partial charge < -0.3 is 19.5 Å². The molecule has 1 aliphatic heterocycles. The largest absolute Gasteiger partial charge is 0.493 e. The lowest BCUT2D eigenvalue weighted by Gasteiger charge is -2.27. The van der Waals surface area contributed by atoms with Gasteiger partial charge in [0.15, 0.2) is 11.5 Å². The Morgan fingerprint density at radius 2 is 2.11 bits per heavy atom. The number of fused-ring (bicyclic) bond motifs is 1. The third-order valence-corrected chi connectivity index (χ3v) is 4.08. The van der Waals surface area contributed by atoms with Gasteiger partial charge in [0.25, 0.3) is 0 Å². The maximum absolute atomic E-state index is 12.6. The first-order valence-corrected chi connectivity index (χ1v) is 8.73. The van der Waals surface area contributed by atoms with E-state index in [-0.39, 0.29) is 12.7 Å². The maximum atomic E-state index is 12.6. The van der Waals surface area contributed by atoms with E-state index in [1.54, 1.807) is 25.6 Å². The van der Waals surface area contributed by atoms with Gasteiger partial charge in [0.2, 0.25) is 5.95 Å². The fourth-order valence-electron chi connectivity index (χ4n) is 3.00. The van der Waals surface area contributed by atoms with Crippen molar-refractivity contribution in [2.45, 2.75) is 39.8 Å². The first-order chi connectivity index (χ1) is 13.0. The van der Waals surface area contributed by atoms with Crippen LogP contribution < -0.4 is 14.8 Å². The highest BCUT2D eigenvalue weighted by Gasteiger charge is 2.35. The van der Waals surface area contributed by atoms with Crippen LogP contribution in [0.3, 0.4) is 0 Å². The molecule has 27 heavy (non-hydrogen) atoms. The smallest absolute Gasteiger partial charge is 0.338 e. The molecule has 0 spiro atoms. The Bertz CT molecular complexity index is 874. The molecule has 0 saturated heterocycles. The Balaban J connectivity index is 2.10. The van der Waals surface area contributed by atoms with Crippen molar-refractivity contribution in [1.29, 1.82) is 0 Å². The first kappa shape index (κ1) is 18.7. The third-order valence-electron chi connectivity index (χ3n) is 4.08. The van der Waals surface area contributed by atoms with Crippen molar-refractivity contribution in [2.24, 2.45) is 0 Å². The zero-order valence-corrected chi connectivity index (χ0v) is 16.0. The van der Waals surface area contributed by atoms with E-state index in [4.69, 9.17) is 14.2 Å². The molecule has 2 aromatic rings. The van der Waals surface area contributed by atoms with Gasteiger partial charge in [0, 0.05) is 5.70 Å². The minimum Gasteiger partial charge on any atom is -0.493 e. The molecular formula is C18H23N5O4. The van der Waals surface area contributed by atoms with Crippen LogP contribution >= 0.6 is 0 Å². The van der Waals surface area contributed by atoms with E-state index in [2.05, 4.69) is 20.8 Å². The summed E-state index contributed by atoms with van der Waals surface area (Å²) in [5, 5.41) is 14.8. The van der Waals surface area contributed by atoms with Gasteiger partial charge in [0.1, 0.15) is 6.04 Å². The van der Waals surface area contributed by atoms with Crippen LogP contribution in [-0.2, 0) is 9.53 Å². The molecule has 9 nitrogen and oxygen atoms in total. The predicted octanol–water partition coefficient (Wildman–Crippen LogP) is 2.32. The number of tetrazole rings is 1. The summed E-state index contributed by atoms with van der Waals surface area (Å²) in [4.78, 5) is 12.6. The van der Waals surface area contributed by atoms with Crippen LogP contribution in [0.4, 0.5) is 5.95 Å². The van der Waals surface area contributed by atoms with Crippen molar-refractivity contribution in [1.82, 2.24) is 20.2 Å². The molecule has 0 saturated carbocycles. The van der Waals surface area contributed by atoms with Crippen molar-refractivity contribution in [3.63, 3.8) is 0 Å². The number of nitrogens with zero attached hydrogens (tertiary/aromatic N) is 4. The number of benzene rings is 1. The summed E-state index contributed by atoms with van der Waals surface area (Å²) in [5.74, 6) is 1.22. The number of rotatable bonds is 6. The number of nitrogens with one attached hydrogen (secondary N) is 1. The van der Waals surface area contributed by atoms with E-state index in [0.717, 1.165) is 5.56 Å². The molecule has 1 aliphatic rings. The number of ether oxygens (including phenoxy) is 3. The quantitative estimate of drug-likeness (QED) is 0.770. The van der Waals surface area contributed by atoms with Crippen LogP contribution in [0.25, 0.3) is 0 Å². The zero-order valence-electron chi connectivity index (χ0n) is 16.0. The van der Waals surface area contributed by atoms with Gasteiger partial charge >= 0.3 is 5.97 Å². The lowest BCUT2D eigenvalue weighted by Crippen LogP contribution is -2.29. The number of allylic oxidation sites excluding steroid dienone is 1.